The smallest absolute Gasteiger partial charge is 0.332 e. The molecular formula is C12H17N3O2. The zero-order valence-corrected chi connectivity index (χ0v) is 10.1. The summed E-state index contributed by atoms with van der Waals surface area (Å²) in [4.78, 5) is 10.5. The van der Waals surface area contributed by atoms with Gasteiger partial charge in [-0.3, -0.25) is 0 Å². The van der Waals surface area contributed by atoms with E-state index >= 15 is 0 Å². The molecule has 0 atom stereocenters. The van der Waals surface area contributed by atoms with Crippen LogP contribution in [0.1, 0.15) is 25.8 Å². The molecule has 92 valence electrons. The van der Waals surface area contributed by atoms with Gasteiger partial charge in [0.2, 0.25) is 0 Å². The van der Waals surface area contributed by atoms with Crippen LogP contribution >= 0.6 is 0 Å². The Hall–Kier alpha value is -2.04. The van der Waals surface area contributed by atoms with Crippen LogP contribution in [-0.4, -0.2) is 18.3 Å². The SMILES string of the molecule is CCCOc1ccc(/C(C)=N\NC(N)=O)cc1. The number of primary amides is 1. The fourth-order valence-electron chi connectivity index (χ4n) is 1.22. The number of urea groups is 1. The third-order valence-corrected chi connectivity index (χ3v) is 2.08. The minimum atomic E-state index is -0.674. The Morgan fingerprint density at radius 1 is 1.41 bits per heavy atom. The number of ether oxygens (including phenoxy) is 1. The van der Waals surface area contributed by atoms with Crippen molar-refractivity contribution in [2.45, 2.75) is 20.3 Å². The van der Waals surface area contributed by atoms with E-state index in [1.165, 1.54) is 0 Å². The van der Waals surface area contributed by atoms with Gasteiger partial charge in [-0.2, -0.15) is 5.10 Å². The van der Waals surface area contributed by atoms with Crippen LogP contribution in [-0.2, 0) is 0 Å². The van der Waals surface area contributed by atoms with Gasteiger partial charge in [0.05, 0.1) is 12.3 Å². The molecule has 0 saturated heterocycles. The summed E-state index contributed by atoms with van der Waals surface area (Å²) >= 11 is 0. The minimum Gasteiger partial charge on any atom is -0.494 e. The highest BCUT2D eigenvalue weighted by molar-refractivity contribution is 5.99. The normalized spacial score (nSPS) is 11.1. The number of amides is 2. The highest BCUT2D eigenvalue weighted by Gasteiger charge is 1.99. The highest BCUT2D eigenvalue weighted by atomic mass is 16.5. The lowest BCUT2D eigenvalue weighted by molar-refractivity contribution is 0.249. The van der Waals surface area contributed by atoms with Crippen LogP contribution in [0.2, 0.25) is 0 Å². The Bertz CT molecular complexity index is 399. The monoisotopic (exact) mass is 235 g/mol. The van der Waals surface area contributed by atoms with Crippen molar-refractivity contribution in [2.75, 3.05) is 6.61 Å². The first-order chi connectivity index (χ1) is 8.13. The molecule has 0 aliphatic heterocycles. The van der Waals surface area contributed by atoms with Gasteiger partial charge in [0, 0.05) is 0 Å². The number of hydrogen-bond acceptors (Lipinski definition) is 3. The van der Waals surface area contributed by atoms with E-state index in [-0.39, 0.29) is 0 Å². The fourth-order valence-corrected chi connectivity index (χ4v) is 1.22. The summed E-state index contributed by atoms with van der Waals surface area (Å²) in [6.07, 6.45) is 0.977. The van der Waals surface area contributed by atoms with Gasteiger partial charge in [-0.1, -0.05) is 6.92 Å². The number of nitrogens with zero attached hydrogens (tertiary/aromatic N) is 1. The lowest BCUT2D eigenvalue weighted by atomic mass is 10.1. The van der Waals surface area contributed by atoms with Gasteiger partial charge in [-0.05, 0) is 43.2 Å². The van der Waals surface area contributed by atoms with Crippen LogP contribution in [0.3, 0.4) is 0 Å². The summed E-state index contributed by atoms with van der Waals surface area (Å²) in [5.41, 5.74) is 8.70. The van der Waals surface area contributed by atoms with Gasteiger partial charge in [-0.25, -0.2) is 10.2 Å². The molecule has 0 saturated carbocycles. The Morgan fingerprint density at radius 3 is 2.59 bits per heavy atom. The first-order valence-corrected chi connectivity index (χ1v) is 5.46. The zero-order chi connectivity index (χ0) is 12.7. The lowest BCUT2D eigenvalue weighted by Crippen LogP contribution is -2.25. The summed E-state index contributed by atoms with van der Waals surface area (Å²) in [5.74, 6) is 0.825. The molecule has 2 amide bonds. The molecule has 1 rings (SSSR count). The van der Waals surface area contributed by atoms with Crippen molar-refractivity contribution >= 4 is 11.7 Å². The zero-order valence-electron chi connectivity index (χ0n) is 10.1. The van der Waals surface area contributed by atoms with E-state index in [0.717, 1.165) is 17.7 Å². The summed E-state index contributed by atoms with van der Waals surface area (Å²) < 4.78 is 5.46. The minimum absolute atomic E-state index is 0.674. The molecule has 0 radical (unpaired) electrons. The molecule has 0 unspecified atom stereocenters. The second-order valence-corrected chi connectivity index (χ2v) is 3.55. The fraction of sp³-hybridized carbons (Fsp3) is 0.333. The molecule has 3 N–H and O–H groups in total. The van der Waals surface area contributed by atoms with E-state index in [4.69, 9.17) is 10.5 Å². The summed E-state index contributed by atoms with van der Waals surface area (Å²) in [5, 5.41) is 3.84. The van der Waals surface area contributed by atoms with Crippen LogP contribution < -0.4 is 15.9 Å². The number of carbonyl (C=O) groups excluding carboxylic acids is 1. The molecule has 0 spiro atoms. The van der Waals surface area contributed by atoms with E-state index in [0.29, 0.717) is 12.3 Å². The van der Waals surface area contributed by atoms with E-state index in [9.17, 15) is 4.79 Å². The number of nitrogens with one attached hydrogen (secondary N) is 1. The predicted octanol–water partition coefficient (Wildman–Crippen LogP) is 1.87. The molecule has 0 aliphatic carbocycles. The molecule has 0 aliphatic rings. The van der Waals surface area contributed by atoms with Crippen molar-refractivity contribution < 1.29 is 9.53 Å². The highest BCUT2D eigenvalue weighted by Crippen LogP contribution is 2.12. The summed E-state index contributed by atoms with van der Waals surface area (Å²) in [6.45, 7) is 4.55. The van der Waals surface area contributed by atoms with Crippen molar-refractivity contribution in [1.82, 2.24) is 5.43 Å². The molecule has 0 aromatic heterocycles. The average Bonchev–Trinajstić information content (AvgIpc) is 2.34. The van der Waals surface area contributed by atoms with Gasteiger partial charge in [0.15, 0.2) is 0 Å². The number of rotatable bonds is 5. The number of carbonyl (C=O) groups is 1. The van der Waals surface area contributed by atoms with E-state index in [2.05, 4.69) is 17.5 Å². The van der Waals surface area contributed by atoms with Crippen molar-refractivity contribution in [3.05, 3.63) is 29.8 Å². The number of hydrogen-bond donors (Lipinski definition) is 2. The third kappa shape index (κ3) is 4.55. The van der Waals surface area contributed by atoms with E-state index in [1.807, 2.05) is 24.3 Å². The molecule has 5 nitrogen and oxygen atoms in total. The summed E-state index contributed by atoms with van der Waals surface area (Å²) in [6, 6.07) is 6.83. The van der Waals surface area contributed by atoms with Gasteiger partial charge in [-0.15, -0.1) is 0 Å². The molecule has 5 heteroatoms. The molecule has 0 fully saturated rings. The number of nitrogens with two attached hydrogens (primary N) is 1. The topological polar surface area (TPSA) is 76.7 Å². The van der Waals surface area contributed by atoms with Crippen LogP contribution in [0, 0.1) is 0 Å². The van der Waals surface area contributed by atoms with Gasteiger partial charge < -0.3 is 10.5 Å². The third-order valence-electron chi connectivity index (χ3n) is 2.08. The van der Waals surface area contributed by atoms with Gasteiger partial charge in [0.1, 0.15) is 5.75 Å². The summed E-state index contributed by atoms with van der Waals surface area (Å²) in [7, 11) is 0. The van der Waals surface area contributed by atoms with Gasteiger partial charge >= 0.3 is 6.03 Å². The van der Waals surface area contributed by atoms with Crippen molar-refractivity contribution in [2.24, 2.45) is 10.8 Å². The molecular weight excluding hydrogens is 218 g/mol. The van der Waals surface area contributed by atoms with Crippen molar-refractivity contribution in [3.8, 4) is 5.75 Å². The van der Waals surface area contributed by atoms with Crippen LogP contribution in [0.15, 0.2) is 29.4 Å². The first kappa shape index (κ1) is 13.0. The maximum Gasteiger partial charge on any atom is 0.332 e. The standard InChI is InChI=1S/C12H17N3O2/c1-3-8-17-11-6-4-10(5-7-11)9(2)14-15-12(13)16/h4-7H,3,8H2,1-2H3,(H3,13,15,16)/b14-9-. The van der Waals surface area contributed by atoms with Crippen molar-refractivity contribution in [3.63, 3.8) is 0 Å². The maximum absolute atomic E-state index is 10.5. The second kappa shape index (κ2) is 6.52. The van der Waals surface area contributed by atoms with Gasteiger partial charge in [0.25, 0.3) is 0 Å². The second-order valence-electron chi connectivity index (χ2n) is 3.55. The van der Waals surface area contributed by atoms with Crippen LogP contribution in [0.5, 0.6) is 5.75 Å². The predicted molar refractivity (Wildman–Crippen MR) is 67.2 cm³/mol. The van der Waals surface area contributed by atoms with Crippen LogP contribution in [0.4, 0.5) is 4.79 Å². The van der Waals surface area contributed by atoms with E-state index < -0.39 is 6.03 Å². The largest absolute Gasteiger partial charge is 0.494 e. The number of benzene rings is 1. The van der Waals surface area contributed by atoms with Crippen molar-refractivity contribution in [1.29, 1.82) is 0 Å². The average molecular weight is 235 g/mol. The quantitative estimate of drug-likeness (QED) is 0.603. The Labute approximate surface area is 101 Å². The lowest BCUT2D eigenvalue weighted by Gasteiger charge is -2.05. The van der Waals surface area contributed by atoms with E-state index in [1.54, 1.807) is 6.92 Å². The molecule has 0 heterocycles. The maximum atomic E-state index is 10.5. The molecule has 1 aromatic rings. The van der Waals surface area contributed by atoms with Crippen LogP contribution in [0.25, 0.3) is 0 Å². The number of hydrazone groups is 1. The Kier molecular flexibility index (Phi) is 5.00. The molecule has 17 heavy (non-hydrogen) atoms. The first-order valence-electron chi connectivity index (χ1n) is 5.46. The molecule has 0 bridgehead atoms. The molecule has 1 aromatic carbocycles. The Morgan fingerprint density at radius 2 is 2.06 bits per heavy atom. The Balaban J connectivity index is 2.66.